The van der Waals surface area contributed by atoms with Crippen LogP contribution in [0.2, 0.25) is 19.6 Å². The molecular formula is C11H22O3Si. The van der Waals surface area contributed by atoms with Crippen molar-refractivity contribution < 1.29 is 14.0 Å². The molecule has 0 bridgehead atoms. The van der Waals surface area contributed by atoms with Gasteiger partial charge < -0.3 is 9.16 Å². The third-order valence-corrected chi connectivity index (χ3v) is 2.72. The van der Waals surface area contributed by atoms with E-state index in [1.165, 1.54) is 0 Å². The fourth-order valence-corrected chi connectivity index (χ4v) is 2.82. The molecule has 0 heterocycles. The van der Waals surface area contributed by atoms with Crippen molar-refractivity contribution in [2.45, 2.75) is 46.0 Å². The van der Waals surface area contributed by atoms with E-state index in [2.05, 4.69) is 0 Å². The summed E-state index contributed by atoms with van der Waals surface area (Å²) >= 11 is 0. The van der Waals surface area contributed by atoms with Crippen LogP contribution in [0.15, 0.2) is 12.2 Å². The van der Waals surface area contributed by atoms with E-state index in [1.54, 1.807) is 19.9 Å². The molecule has 0 rings (SSSR count). The Kier molecular flexibility index (Phi) is 5.24. The van der Waals surface area contributed by atoms with Gasteiger partial charge in [-0.05, 0) is 40.4 Å². The van der Waals surface area contributed by atoms with Crippen molar-refractivity contribution in [2.75, 3.05) is 6.61 Å². The highest BCUT2D eigenvalue weighted by molar-refractivity contribution is 6.70. The van der Waals surface area contributed by atoms with Crippen molar-refractivity contribution in [1.29, 1.82) is 0 Å². The average molecular weight is 230 g/mol. The summed E-state index contributed by atoms with van der Waals surface area (Å²) in [4.78, 5) is 11.7. The molecule has 0 aliphatic heterocycles. The fourth-order valence-electron chi connectivity index (χ4n) is 1.20. The Morgan fingerprint density at radius 2 is 1.87 bits per heavy atom. The van der Waals surface area contributed by atoms with Gasteiger partial charge in [-0.2, -0.15) is 0 Å². The van der Waals surface area contributed by atoms with E-state index in [0.717, 1.165) is 0 Å². The van der Waals surface area contributed by atoms with Gasteiger partial charge in [-0.3, -0.25) is 0 Å². The van der Waals surface area contributed by atoms with Crippen LogP contribution in [0.1, 0.15) is 20.8 Å². The van der Waals surface area contributed by atoms with Crippen molar-refractivity contribution in [3.8, 4) is 0 Å². The van der Waals surface area contributed by atoms with Crippen molar-refractivity contribution in [1.82, 2.24) is 0 Å². The zero-order valence-electron chi connectivity index (χ0n) is 10.6. The molecule has 0 spiro atoms. The average Bonchev–Trinajstić information content (AvgIpc) is 2.00. The van der Waals surface area contributed by atoms with Gasteiger partial charge in [0, 0.05) is 0 Å². The molecule has 0 N–H and O–H groups in total. The van der Waals surface area contributed by atoms with E-state index >= 15 is 0 Å². The Hall–Kier alpha value is -0.613. The first-order valence-electron chi connectivity index (χ1n) is 5.17. The van der Waals surface area contributed by atoms with Crippen molar-refractivity contribution >= 4 is 14.3 Å². The van der Waals surface area contributed by atoms with Gasteiger partial charge in [0.2, 0.25) is 0 Å². The summed E-state index contributed by atoms with van der Waals surface area (Å²) in [5, 5.41) is 0. The summed E-state index contributed by atoms with van der Waals surface area (Å²) < 4.78 is 10.8. The molecule has 0 aliphatic carbocycles. The van der Waals surface area contributed by atoms with Gasteiger partial charge in [0.05, 0.1) is 0 Å². The number of carbonyl (C=O) groups excluding carboxylic acids is 1. The SMILES string of the molecule is C/C=C/COC(=O)C(C)(C)O[Si](C)(C)C. The summed E-state index contributed by atoms with van der Waals surface area (Å²) in [6, 6.07) is 0. The van der Waals surface area contributed by atoms with Crippen LogP contribution in [0.5, 0.6) is 0 Å². The maximum Gasteiger partial charge on any atom is 0.336 e. The molecule has 88 valence electrons. The van der Waals surface area contributed by atoms with E-state index < -0.39 is 13.9 Å². The van der Waals surface area contributed by atoms with Crippen LogP contribution in [-0.2, 0) is 14.0 Å². The van der Waals surface area contributed by atoms with E-state index in [9.17, 15) is 4.79 Å². The zero-order valence-corrected chi connectivity index (χ0v) is 11.6. The van der Waals surface area contributed by atoms with E-state index in [0.29, 0.717) is 6.61 Å². The molecule has 0 aromatic rings. The molecule has 3 nitrogen and oxygen atoms in total. The van der Waals surface area contributed by atoms with Gasteiger partial charge in [-0.15, -0.1) is 0 Å². The summed E-state index contributed by atoms with van der Waals surface area (Å²) in [5.74, 6) is -0.303. The highest BCUT2D eigenvalue weighted by Crippen LogP contribution is 2.18. The lowest BCUT2D eigenvalue weighted by Crippen LogP contribution is -2.45. The van der Waals surface area contributed by atoms with Crippen molar-refractivity contribution in [2.24, 2.45) is 0 Å². The standard InChI is InChI=1S/C11H22O3Si/c1-7-8-9-13-10(12)11(2,3)14-15(4,5)6/h7-8H,9H2,1-6H3/b8-7+. The van der Waals surface area contributed by atoms with Crippen LogP contribution in [0.4, 0.5) is 0 Å². The maximum atomic E-state index is 11.7. The molecule has 0 aromatic heterocycles. The van der Waals surface area contributed by atoms with E-state index in [4.69, 9.17) is 9.16 Å². The van der Waals surface area contributed by atoms with Gasteiger partial charge in [0.25, 0.3) is 0 Å². The monoisotopic (exact) mass is 230 g/mol. The second-order valence-electron chi connectivity index (χ2n) is 4.89. The highest BCUT2D eigenvalue weighted by atomic mass is 28.4. The highest BCUT2D eigenvalue weighted by Gasteiger charge is 2.35. The Morgan fingerprint density at radius 3 is 2.27 bits per heavy atom. The van der Waals surface area contributed by atoms with Crippen LogP contribution >= 0.6 is 0 Å². The number of carbonyl (C=O) groups is 1. The lowest BCUT2D eigenvalue weighted by atomic mass is 10.1. The molecule has 0 radical (unpaired) electrons. The predicted molar refractivity (Wildman–Crippen MR) is 64.3 cm³/mol. The lowest BCUT2D eigenvalue weighted by molar-refractivity contribution is -0.158. The first-order valence-corrected chi connectivity index (χ1v) is 8.58. The Morgan fingerprint density at radius 1 is 1.33 bits per heavy atom. The molecule has 0 amide bonds. The predicted octanol–water partition coefficient (Wildman–Crippen LogP) is 2.74. The number of hydrogen-bond acceptors (Lipinski definition) is 3. The molecule has 0 atom stereocenters. The van der Waals surface area contributed by atoms with Gasteiger partial charge in [0.1, 0.15) is 12.2 Å². The van der Waals surface area contributed by atoms with Gasteiger partial charge in [-0.25, -0.2) is 4.79 Å². The van der Waals surface area contributed by atoms with Crippen molar-refractivity contribution in [3.05, 3.63) is 12.2 Å². The zero-order chi connectivity index (χ0) is 12.1. The molecule has 0 aromatic carbocycles. The molecule has 0 saturated carbocycles. The molecule has 0 saturated heterocycles. The fraction of sp³-hybridized carbons (Fsp3) is 0.727. The number of esters is 1. The molecule has 0 fully saturated rings. The van der Waals surface area contributed by atoms with Crippen LogP contribution < -0.4 is 0 Å². The van der Waals surface area contributed by atoms with E-state index in [-0.39, 0.29) is 5.97 Å². The number of allylic oxidation sites excluding steroid dienone is 1. The summed E-state index contributed by atoms with van der Waals surface area (Å²) in [5.41, 5.74) is -0.841. The van der Waals surface area contributed by atoms with Gasteiger partial charge >= 0.3 is 5.97 Å². The minimum atomic E-state index is -1.72. The number of rotatable bonds is 5. The van der Waals surface area contributed by atoms with Crippen LogP contribution in [0, 0.1) is 0 Å². The first kappa shape index (κ1) is 14.4. The Bertz CT molecular complexity index is 239. The third-order valence-electron chi connectivity index (χ3n) is 1.60. The molecule has 15 heavy (non-hydrogen) atoms. The van der Waals surface area contributed by atoms with E-state index in [1.807, 2.05) is 32.6 Å². The Balaban J connectivity index is 4.26. The minimum Gasteiger partial charge on any atom is -0.459 e. The molecule has 4 heteroatoms. The van der Waals surface area contributed by atoms with Crippen LogP contribution in [-0.4, -0.2) is 26.5 Å². The first-order chi connectivity index (χ1) is 6.69. The molecule has 0 unspecified atom stereocenters. The number of ether oxygens (including phenoxy) is 1. The Labute approximate surface area is 93.6 Å². The minimum absolute atomic E-state index is 0.303. The normalized spacial score (nSPS) is 13.2. The summed E-state index contributed by atoms with van der Waals surface area (Å²) in [7, 11) is -1.72. The molecular weight excluding hydrogens is 208 g/mol. The second-order valence-corrected chi connectivity index (χ2v) is 9.32. The topological polar surface area (TPSA) is 35.5 Å². The van der Waals surface area contributed by atoms with Gasteiger partial charge in [0.15, 0.2) is 8.32 Å². The second kappa shape index (κ2) is 5.46. The smallest absolute Gasteiger partial charge is 0.336 e. The largest absolute Gasteiger partial charge is 0.459 e. The summed E-state index contributed by atoms with van der Waals surface area (Å²) in [6.45, 7) is 11.9. The van der Waals surface area contributed by atoms with Crippen LogP contribution in [0.3, 0.4) is 0 Å². The molecule has 0 aliphatic rings. The van der Waals surface area contributed by atoms with Gasteiger partial charge in [-0.1, -0.05) is 12.2 Å². The van der Waals surface area contributed by atoms with Crippen molar-refractivity contribution in [3.63, 3.8) is 0 Å². The van der Waals surface area contributed by atoms with Crippen LogP contribution in [0.25, 0.3) is 0 Å². The summed E-state index contributed by atoms with van der Waals surface area (Å²) in [6.07, 6.45) is 3.64. The quantitative estimate of drug-likeness (QED) is 0.414. The number of hydrogen-bond donors (Lipinski definition) is 0. The lowest BCUT2D eigenvalue weighted by Gasteiger charge is -2.30. The third kappa shape index (κ3) is 6.46. The maximum absolute atomic E-state index is 11.7.